The van der Waals surface area contributed by atoms with Gasteiger partial charge in [0.25, 0.3) is 0 Å². The van der Waals surface area contributed by atoms with Gasteiger partial charge in [0.2, 0.25) is 21.8 Å². The fraction of sp³-hybridized carbons (Fsp3) is 0.500. The van der Waals surface area contributed by atoms with Crippen molar-refractivity contribution in [1.29, 1.82) is 0 Å². The number of hydrogen-bond donors (Lipinski definition) is 4. The van der Waals surface area contributed by atoms with Crippen molar-refractivity contribution in [2.75, 3.05) is 33.6 Å². The molecular weight excluding hydrogens is 671 g/mol. The average Bonchev–Trinajstić information content (AvgIpc) is 3.04. The van der Waals surface area contributed by atoms with Crippen LogP contribution in [0.3, 0.4) is 0 Å². The van der Waals surface area contributed by atoms with Gasteiger partial charge in [-0.1, -0.05) is 44.2 Å². The quantitative estimate of drug-likeness (QED) is 0.184. The number of carboxylic acids is 1. The first-order valence-electron chi connectivity index (χ1n) is 15.4. The van der Waals surface area contributed by atoms with E-state index >= 15 is 0 Å². The molecule has 3 rings (SSSR count). The summed E-state index contributed by atoms with van der Waals surface area (Å²) in [5.74, 6) is -2.16. The zero-order chi connectivity index (χ0) is 36.9. The van der Waals surface area contributed by atoms with E-state index in [0.29, 0.717) is 41.5 Å². The van der Waals surface area contributed by atoms with Gasteiger partial charge >= 0.3 is 12.1 Å². The Morgan fingerprint density at radius 2 is 1.65 bits per heavy atom. The van der Waals surface area contributed by atoms with Gasteiger partial charge in [0.15, 0.2) is 17.5 Å². The third-order valence-electron chi connectivity index (χ3n) is 7.72. The first-order chi connectivity index (χ1) is 22.9. The van der Waals surface area contributed by atoms with Crippen molar-refractivity contribution in [1.82, 2.24) is 9.62 Å². The van der Waals surface area contributed by atoms with Gasteiger partial charge in [0.1, 0.15) is 6.04 Å². The molecule has 5 N–H and O–H groups in total. The van der Waals surface area contributed by atoms with Crippen molar-refractivity contribution >= 4 is 39.5 Å². The molecule has 49 heavy (non-hydrogen) atoms. The minimum absolute atomic E-state index is 0.0713. The third kappa shape index (κ3) is 12.9. The van der Waals surface area contributed by atoms with Crippen LogP contribution in [0.4, 0.5) is 18.9 Å². The van der Waals surface area contributed by atoms with Crippen molar-refractivity contribution in [2.24, 2.45) is 16.6 Å². The van der Waals surface area contributed by atoms with Gasteiger partial charge in [-0.2, -0.15) is 13.2 Å². The highest BCUT2D eigenvalue weighted by Gasteiger charge is 2.38. The van der Waals surface area contributed by atoms with Crippen molar-refractivity contribution in [3.05, 3.63) is 47.5 Å². The maximum absolute atomic E-state index is 13.5. The summed E-state index contributed by atoms with van der Waals surface area (Å²) in [7, 11) is 2.33. The van der Waals surface area contributed by atoms with Crippen LogP contribution in [0.25, 0.3) is 0 Å². The highest BCUT2D eigenvalue weighted by molar-refractivity contribution is 7.89. The third-order valence-corrected chi connectivity index (χ3v) is 9.53. The lowest BCUT2D eigenvalue weighted by molar-refractivity contribution is -0.192. The normalized spacial score (nSPS) is 14.7. The lowest BCUT2D eigenvalue weighted by Gasteiger charge is -2.25. The van der Waals surface area contributed by atoms with Crippen LogP contribution in [0.15, 0.2) is 46.3 Å². The maximum atomic E-state index is 13.5. The molecule has 272 valence electrons. The highest BCUT2D eigenvalue weighted by atomic mass is 32.2. The SMILES string of the molecule is COc1ccc(CCC(=O)NC(N)=N[C@H](CC2CCCCC2)C(=O)Nc2cc(S(=O)(=O)N(C)C)ccc2C)cc1OC.O=C(O)C(F)(F)F. The van der Waals surface area contributed by atoms with Crippen LogP contribution in [-0.2, 0) is 30.8 Å². The Labute approximate surface area is 284 Å². The Bertz CT molecular complexity index is 1590. The van der Waals surface area contributed by atoms with E-state index < -0.39 is 34.1 Å². The van der Waals surface area contributed by atoms with Crippen LogP contribution in [0.2, 0.25) is 0 Å². The molecule has 13 nitrogen and oxygen atoms in total. The molecule has 2 amide bonds. The predicted molar refractivity (Wildman–Crippen MR) is 177 cm³/mol. The zero-order valence-corrected chi connectivity index (χ0v) is 28.9. The summed E-state index contributed by atoms with van der Waals surface area (Å²) in [5, 5.41) is 12.6. The summed E-state index contributed by atoms with van der Waals surface area (Å²) in [6.07, 6.45) is 1.32. The first kappa shape index (κ1) is 40.8. The second-order valence-corrected chi connectivity index (χ2v) is 13.7. The molecule has 0 bridgehead atoms. The van der Waals surface area contributed by atoms with E-state index in [1.165, 1.54) is 32.6 Å². The van der Waals surface area contributed by atoms with Crippen molar-refractivity contribution < 1.29 is 50.6 Å². The molecule has 0 aliphatic heterocycles. The van der Waals surface area contributed by atoms with E-state index in [1.54, 1.807) is 33.3 Å². The smallest absolute Gasteiger partial charge is 0.490 e. The second-order valence-electron chi connectivity index (χ2n) is 11.6. The van der Waals surface area contributed by atoms with Crippen molar-refractivity contribution in [3.63, 3.8) is 0 Å². The molecule has 2 aromatic rings. The number of guanidine groups is 1. The number of halogens is 3. The number of aliphatic carboxylic acids is 1. The predicted octanol–water partition coefficient (Wildman–Crippen LogP) is 4.24. The summed E-state index contributed by atoms with van der Waals surface area (Å²) in [6, 6.07) is 9.21. The number of hydrogen-bond acceptors (Lipinski definition) is 8. The minimum Gasteiger partial charge on any atom is -0.493 e. The number of amides is 2. The standard InChI is InChI=1S/C30H43N5O6S.C2HF3O2/c1-20-11-14-23(42(38,39)35(2)3)19-24(20)32-29(37)25(17-21-9-7-6-8-10-21)33-30(31)34-28(36)16-13-22-12-15-26(40-4)27(18-22)41-5;3-2(4,5)1(6)7/h11-12,14-15,18-19,21,25H,6-10,13,16-17H2,1-5H3,(H,32,37)(H3,31,33,34,36);(H,6,7)/t25-;/m1./s1. The van der Waals surface area contributed by atoms with Crippen molar-refractivity contribution in [3.8, 4) is 11.5 Å². The number of benzene rings is 2. The molecule has 1 saturated carbocycles. The van der Waals surface area contributed by atoms with E-state index in [0.717, 1.165) is 35.6 Å². The minimum atomic E-state index is -5.08. The monoisotopic (exact) mass is 715 g/mol. The molecule has 0 spiro atoms. The van der Waals surface area contributed by atoms with E-state index in [2.05, 4.69) is 15.6 Å². The largest absolute Gasteiger partial charge is 0.493 e. The number of rotatable bonds is 12. The topological polar surface area (TPSA) is 190 Å². The zero-order valence-electron chi connectivity index (χ0n) is 28.1. The maximum Gasteiger partial charge on any atom is 0.490 e. The molecule has 0 aromatic heterocycles. The van der Waals surface area contributed by atoms with Gasteiger partial charge in [-0.05, 0) is 61.1 Å². The molecule has 0 heterocycles. The van der Waals surface area contributed by atoms with Crippen LogP contribution >= 0.6 is 0 Å². The van der Waals surface area contributed by atoms with Gasteiger partial charge in [-0.3, -0.25) is 14.9 Å². The van der Waals surface area contributed by atoms with Gasteiger partial charge < -0.3 is 25.6 Å². The number of nitrogens with two attached hydrogens (primary N) is 1. The number of nitrogens with zero attached hydrogens (tertiary/aromatic N) is 2. The van der Waals surface area contributed by atoms with E-state index in [9.17, 15) is 31.2 Å². The number of aliphatic imine (C=N–C) groups is 1. The Morgan fingerprint density at radius 3 is 2.20 bits per heavy atom. The Hall–Kier alpha value is -4.38. The molecule has 17 heteroatoms. The Kier molecular flexibility index (Phi) is 15.3. The van der Waals surface area contributed by atoms with Crippen LogP contribution in [-0.4, -0.2) is 82.1 Å². The van der Waals surface area contributed by atoms with E-state index in [-0.39, 0.29) is 23.2 Å². The van der Waals surface area contributed by atoms with Gasteiger partial charge in [0, 0.05) is 26.2 Å². The summed E-state index contributed by atoms with van der Waals surface area (Å²) < 4.78 is 68.7. The first-order valence-corrected chi connectivity index (χ1v) is 16.8. The molecule has 1 fully saturated rings. The number of methoxy groups -OCH3 is 2. The van der Waals surface area contributed by atoms with Crippen LogP contribution in [0, 0.1) is 12.8 Å². The molecule has 0 saturated heterocycles. The summed E-state index contributed by atoms with van der Waals surface area (Å²) in [5.41, 5.74) is 8.10. The van der Waals surface area contributed by atoms with Gasteiger partial charge in [-0.15, -0.1) is 0 Å². The lowest BCUT2D eigenvalue weighted by Crippen LogP contribution is -2.40. The molecule has 1 aliphatic rings. The number of nitrogens with one attached hydrogen (secondary N) is 2. The molecule has 2 aromatic carbocycles. The number of carboxylic acid groups (broad SMARTS) is 1. The molecule has 0 unspecified atom stereocenters. The molecule has 1 aliphatic carbocycles. The molecular formula is C32H44F3N5O8S. The van der Waals surface area contributed by atoms with Gasteiger partial charge in [0.05, 0.1) is 19.1 Å². The van der Waals surface area contributed by atoms with Crippen molar-refractivity contribution in [2.45, 2.75) is 75.4 Å². The molecule has 0 radical (unpaired) electrons. The molecule has 1 atom stereocenters. The van der Waals surface area contributed by atoms with Gasteiger partial charge in [-0.25, -0.2) is 22.5 Å². The van der Waals surface area contributed by atoms with E-state index in [4.69, 9.17) is 25.1 Å². The summed E-state index contributed by atoms with van der Waals surface area (Å²) >= 11 is 0. The summed E-state index contributed by atoms with van der Waals surface area (Å²) in [6.45, 7) is 1.79. The number of anilines is 1. The van der Waals surface area contributed by atoms with Crippen LogP contribution in [0.1, 0.15) is 56.1 Å². The fourth-order valence-corrected chi connectivity index (χ4v) is 5.91. The Balaban J connectivity index is 0.00000107. The average molecular weight is 716 g/mol. The number of carbonyl (C=O) groups is 3. The number of carbonyl (C=O) groups excluding carboxylic acids is 2. The van der Waals surface area contributed by atoms with Crippen LogP contribution in [0.5, 0.6) is 11.5 Å². The number of ether oxygens (including phenoxy) is 2. The highest BCUT2D eigenvalue weighted by Crippen LogP contribution is 2.30. The number of aryl methyl sites for hydroxylation is 2. The fourth-order valence-electron chi connectivity index (χ4n) is 4.98. The Morgan fingerprint density at radius 1 is 1.04 bits per heavy atom. The van der Waals surface area contributed by atoms with Crippen LogP contribution < -0.4 is 25.8 Å². The lowest BCUT2D eigenvalue weighted by atomic mass is 9.84. The number of alkyl halides is 3. The summed E-state index contributed by atoms with van der Waals surface area (Å²) in [4.78, 5) is 39.6. The second kappa shape index (κ2) is 18.4. The van der Waals surface area contributed by atoms with E-state index in [1.807, 2.05) is 12.1 Å². The number of sulfonamides is 1.